The number of sulfone groups is 1. The van der Waals surface area contributed by atoms with E-state index in [1.165, 1.54) is 12.1 Å². The van der Waals surface area contributed by atoms with Crippen molar-refractivity contribution in [3.63, 3.8) is 0 Å². The SMILES string of the molecule is CC1=C(CC(=O)O)c2cc(O)ccc2C1=C(c1ccccc1)S(C)(=O)=O. The number of fused-ring (bicyclic) bond motifs is 1. The molecule has 134 valence electrons. The molecule has 0 spiro atoms. The highest BCUT2D eigenvalue weighted by Crippen LogP contribution is 2.48. The normalized spacial score (nSPS) is 15.8. The fraction of sp³-hybridized carbons (Fsp3) is 0.150. The van der Waals surface area contributed by atoms with Crippen molar-refractivity contribution < 1.29 is 23.4 Å². The second kappa shape index (κ2) is 6.46. The summed E-state index contributed by atoms with van der Waals surface area (Å²) in [4.78, 5) is 11.5. The summed E-state index contributed by atoms with van der Waals surface area (Å²) in [6.07, 6.45) is 0.891. The Morgan fingerprint density at radius 3 is 2.27 bits per heavy atom. The Kier molecular flexibility index (Phi) is 4.46. The van der Waals surface area contributed by atoms with Gasteiger partial charge in [0.1, 0.15) is 5.75 Å². The van der Waals surface area contributed by atoms with Gasteiger partial charge in [0.2, 0.25) is 0 Å². The molecule has 0 saturated carbocycles. The summed E-state index contributed by atoms with van der Waals surface area (Å²) in [5, 5.41) is 19.1. The number of hydrogen-bond acceptors (Lipinski definition) is 4. The third-order valence-corrected chi connectivity index (χ3v) is 5.57. The van der Waals surface area contributed by atoms with E-state index >= 15 is 0 Å². The van der Waals surface area contributed by atoms with Crippen LogP contribution in [0.5, 0.6) is 5.75 Å². The van der Waals surface area contributed by atoms with Gasteiger partial charge in [0.25, 0.3) is 0 Å². The van der Waals surface area contributed by atoms with Gasteiger partial charge in [0, 0.05) is 11.8 Å². The topological polar surface area (TPSA) is 91.7 Å². The number of allylic oxidation sites excluding steroid dienone is 2. The fourth-order valence-electron chi connectivity index (χ4n) is 3.36. The maximum atomic E-state index is 12.6. The number of aromatic hydroxyl groups is 1. The summed E-state index contributed by atoms with van der Waals surface area (Å²) in [7, 11) is -3.60. The highest BCUT2D eigenvalue weighted by molar-refractivity contribution is 8.00. The van der Waals surface area contributed by atoms with Crippen LogP contribution in [-0.4, -0.2) is 30.9 Å². The van der Waals surface area contributed by atoms with Crippen molar-refractivity contribution in [2.75, 3.05) is 6.26 Å². The second-order valence-corrected chi connectivity index (χ2v) is 8.20. The Labute approximate surface area is 151 Å². The van der Waals surface area contributed by atoms with Gasteiger partial charge in [0.05, 0.1) is 11.3 Å². The molecule has 0 heterocycles. The summed E-state index contributed by atoms with van der Waals surface area (Å²) >= 11 is 0. The molecule has 0 unspecified atom stereocenters. The van der Waals surface area contributed by atoms with Crippen LogP contribution in [0.2, 0.25) is 0 Å². The number of phenolic OH excluding ortho intramolecular Hbond substituents is 1. The average Bonchev–Trinajstić information content (AvgIpc) is 2.80. The number of phenols is 1. The zero-order valence-corrected chi connectivity index (χ0v) is 15.2. The van der Waals surface area contributed by atoms with Gasteiger partial charge in [-0.15, -0.1) is 0 Å². The maximum Gasteiger partial charge on any atom is 0.307 e. The lowest BCUT2D eigenvalue weighted by atomic mass is 10.00. The van der Waals surface area contributed by atoms with Crippen LogP contribution in [0.15, 0.2) is 54.1 Å². The van der Waals surface area contributed by atoms with E-state index in [-0.39, 0.29) is 17.1 Å². The standard InChI is InChI=1S/C20H18O5S/c1-12-16(11-18(22)23)17-10-14(21)8-9-15(17)19(12)20(26(2,24)25)13-6-4-3-5-7-13/h3-10,21H,11H2,1-2H3,(H,22,23). The van der Waals surface area contributed by atoms with E-state index in [0.717, 1.165) is 6.26 Å². The molecular formula is C20H18O5S. The molecule has 0 radical (unpaired) electrons. The summed E-state index contributed by atoms with van der Waals surface area (Å²) in [6.45, 7) is 1.72. The molecule has 6 heteroatoms. The first-order valence-electron chi connectivity index (χ1n) is 7.95. The number of carboxylic acid groups (broad SMARTS) is 1. The van der Waals surface area contributed by atoms with Crippen molar-refractivity contribution in [3.05, 3.63) is 70.8 Å². The van der Waals surface area contributed by atoms with Gasteiger partial charge in [-0.05, 0) is 46.9 Å². The van der Waals surface area contributed by atoms with Crippen LogP contribution in [0.4, 0.5) is 0 Å². The Balaban J connectivity index is 2.43. The molecule has 5 nitrogen and oxygen atoms in total. The van der Waals surface area contributed by atoms with Crippen molar-refractivity contribution in [2.24, 2.45) is 0 Å². The predicted molar refractivity (Wildman–Crippen MR) is 101 cm³/mol. The number of carbonyl (C=O) groups is 1. The van der Waals surface area contributed by atoms with Crippen molar-refractivity contribution in [1.29, 1.82) is 0 Å². The predicted octanol–water partition coefficient (Wildman–Crippen LogP) is 3.57. The lowest BCUT2D eigenvalue weighted by molar-refractivity contribution is -0.135. The van der Waals surface area contributed by atoms with Gasteiger partial charge < -0.3 is 10.2 Å². The zero-order chi connectivity index (χ0) is 19.1. The Morgan fingerprint density at radius 1 is 1.04 bits per heavy atom. The summed E-state index contributed by atoms with van der Waals surface area (Å²) < 4.78 is 25.2. The van der Waals surface area contributed by atoms with E-state index in [1.807, 2.05) is 0 Å². The van der Waals surface area contributed by atoms with Gasteiger partial charge in [0.15, 0.2) is 9.84 Å². The first kappa shape index (κ1) is 17.9. The molecule has 2 N–H and O–H groups in total. The maximum absolute atomic E-state index is 12.6. The molecule has 3 rings (SSSR count). The monoisotopic (exact) mass is 370 g/mol. The molecule has 0 bridgehead atoms. The third kappa shape index (κ3) is 3.15. The Hall–Kier alpha value is -2.86. The fourth-order valence-corrected chi connectivity index (χ4v) is 4.56. The Bertz CT molecular complexity index is 1060. The average molecular weight is 370 g/mol. The van der Waals surface area contributed by atoms with E-state index < -0.39 is 15.8 Å². The van der Waals surface area contributed by atoms with Gasteiger partial charge in [-0.25, -0.2) is 8.42 Å². The largest absolute Gasteiger partial charge is 0.508 e. The molecule has 1 aliphatic carbocycles. The van der Waals surface area contributed by atoms with Crippen LogP contribution in [0.1, 0.15) is 30.0 Å². The summed E-state index contributed by atoms with van der Waals surface area (Å²) in [5.74, 6) is -1.02. The molecule has 0 aliphatic heterocycles. The highest BCUT2D eigenvalue weighted by atomic mass is 32.2. The Morgan fingerprint density at radius 2 is 1.69 bits per heavy atom. The molecule has 0 atom stereocenters. The molecule has 2 aromatic carbocycles. The minimum atomic E-state index is -3.60. The van der Waals surface area contributed by atoms with Gasteiger partial charge >= 0.3 is 5.97 Å². The second-order valence-electron chi connectivity index (χ2n) is 6.25. The molecule has 0 aromatic heterocycles. The minimum Gasteiger partial charge on any atom is -0.508 e. The van der Waals surface area contributed by atoms with Crippen molar-refractivity contribution in [2.45, 2.75) is 13.3 Å². The van der Waals surface area contributed by atoms with E-state index in [0.29, 0.717) is 33.4 Å². The van der Waals surface area contributed by atoms with Crippen LogP contribution in [0, 0.1) is 0 Å². The minimum absolute atomic E-state index is 0.00121. The highest BCUT2D eigenvalue weighted by Gasteiger charge is 2.31. The van der Waals surface area contributed by atoms with Crippen molar-refractivity contribution in [3.8, 4) is 5.75 Å². The third-order valence-electron chi connectivity index (χ3n) is 4.39. The first-order valence-corrected chi connectivity index (χ1v) is 9.84. The van der Waals surface area contributed by atoms with E-state index in [1.54, 1.807) is 43.3 Å². The van der Waals surface area contributed by atoms with E-state index in [4.69, 9.17) is 0 Å². The quantitative estimate of drug-likeness (QED) is 0.858. The number of carboxylic acids is 1. The van der Waals surface area contributed by atoms with Crippen LogP contribution in [0.25, 0.3) is 16.1 Å². The number of benzene rings is 2. The summed E-state index contributed by atoms with van der Waals surface area (Å²) in [6, 6.07) is 13.3. The van der Waals surface area contributed by atoms with Crippen LogP contribution >= 0.6 is 0 Å². The van der Waals surface area contributed by atoms with Crippen molar-refractivity contribution in [1.82, 2.24) is 0 Å². The first-order chi connectivity index (χ1) is 12.2. The number of hydrogen-bond donors (Lipinski definition) is 2. The number of aliphatic carboxylic acids is 1. The van der Waals surface area contributed by atoms with Crippen LogP contribution in [0.3, 0.4) is 0 Å². The van der Waals surface area contributed by atoms with E-state index in [9.17, 15) is 23.4 Å². The number of rotatable bonds is 4. The molecule has 1 aliphatic rings. The van der Waals surface area contributed by atoms with Crippen LogP contribution < -0.4 is 0 Å². The van der Waals surface area contributed by atoms with Crippen molar-refractivity contribution >= 4 is 31.9 Å². The molecule has 0 fully saturated rings. The lowest BCUT2D eigenvalue weighted by Gasteiger charge is -2.13. The van der Waals surface area contributed by atoms with E-state index in [2.05, 4.69) is 0 Å². The molecule has 0 saturated heterocycles. The van der Waals surface area contributed by atoms with Gasteiger partial charge in [-0.2, -0.15) is 0 Å². The zero-order valence-electron chi connectivity index (χ0n) is 14.4. The van der Waals surface area contributed by atoms with Crippen LogP contribution in [-0.2, 0) is 14.6 Å². The smallest absolute Gasteiger partial charge is 0.307 e. The molecule has 26 heavy (non-hydrogen) atoms. The summed E-state index contributed by atoms with van der Waals surface area (Å²) in [5.41, 5.74) is 3.30. The molecular weight excluding hydrogens is 352 g/mol. The molecule has 2 aromatic rings. The van der Waals surface area contributed by atoms with Gasteiger partial charge in [-0.3, -0.25) is 4.79 Å². The van der Waals surface area contributed by atoms with Gasteiger partial charge in [-0.1, -0.05) is 36.4 Å². The molecule has 0 amide bonds. The lowest BCUT2D eigenvalue weighted by Crippen LogP contribution is -2.04.